The third kappa shape index (κ3) is 5.07. The van der Waals surface area contributed by atoms with Gasteiger partial charge in [0.25, 0.3) is 5.91 Å². The summed E-state index contributed by atoms with van der Waals surface area (Å²) in [6.07, 6.45) is 7.22. The average Bonchev–Trinajstić information content (AvgIpc) is 3.06. The predicted molar refractivity (Wildman–Crippen MR) is 93.7 cm³/mol. The number of carboxylic acid groups (broad SMARTS) is 1. The first-order chi connectivity index (χ1) is 12.0. The first-order valence-electron chi connectivity index (χ1n) is 8.38. The molecule has 1 aromatic heterocycles. The number of imidazole rings is 1. The molecule has 1 unspecified atom stereocenters. The van der Waals surface area contributed by atoms with Gasteiger partial charge in [-0.15, -0.1) is 0 Å². The molecule has 25 heavy (non-hydrogen) atoms. The van der Waals surface area contributed by atoms with Gasteiger partial charge in [0.2, 0.25) is 0 Å². The number of carboxylic acids is 1. The van der Waals surface area contributed by atoms with Crippen molar-refractivity contribution in [1.29, 1.82) is 0 Å². The van der Waals surface area contributed by atoms with Gasteiger partial charge in [0, 0.05) is 6.20 Å². The molecule has 1 amide bonds. The zero-order valence-corrected chi connectivity index (χ0v) is 14.2. The van der Waals surface area contributed by atoms with E-state index >= 15 is 0 Å². The summed E-state index contributed by atoms with van der Waals surface area (Å²) in [5.41, 5.74) is 0.375. The largest absolute Gasteiger partial charge is 0.506 e. The standard InChI is InChI=1S/C18H23N3O4/c1-2-3-4-5-9-15(18(24)25)21-11-14(19-12-21)17(23)20-13-8-6-7-10-16(13)22/h6-8,10-12,15,22H,2-5,9H2,1H3,(H,20,23)(H,24,25). The lowest BCUT2D eigenvalue weighted by molar-refractivity contribution is -0.141. The van der Waals surface area contributed by atoms with E-state index in [9.17, 15) is 19.8 Å². The molecule has 0 saturated carbocycles. The number of carbonyl (C=O) groups excluding carboxylic acids is 1. The first-order valence-corrected chi connectivity index (χ1v) is 8.38. The predicted octanol–water partition coefficient (Wildman–Crippen LogP) is 3.44. The van der Waals surface area contributed by atoms with Gasteiger partial charge in [-0.25, -0.2) is 9.78 Å². The summed E-state index contributed by atoms with van der Waals surface area (Å²) in [5.74, 6) is -1.49. The van der Waals surface area contributed by atoms with Crippen LogP contribution in [-0.2, 0) is 4.79 Å². The van der Waals surface area contributed by atoms with Crippen molar-refractivity contribution in [3.63, 3.8) is 0 Å². The SMILES string of the molecule is CCCCCCC(C(=O)O)n1cnc(C(=O)Nc2ccccc2O)c1. The van der Waals surface area contributed by atoms with Crippen LogP contribution in [0.25, 0.3) is 0 Å². The molecule has 7 heteroatoms. The molecule has 3 N–H and O–H groups in total. The van der Waals surface area contributed by atoms with Crippen LogP contribution in [0.1, 0.15) is 55.6 Å². The lowest BCUT2D eigenvalue weighted by Crippen LogP contribution is -2.18. The fourth-order valence-electron chi connectivity index (χ4n) is 2.55. The molecular weight excluding hydrogens is 322 g/mol. The van der Waals surface area contributed by atoms with Crippen LogP contribution in [0.3, 0.4) is 0 Å². The molecule has 1 heterocycles. The number of phenols is 1. The minimum atomic E-state index is -0.943. The molecule has 0 aliphatic rings. The molecule has 2 aromatic rings. The second-order valence-corrected chi connectivity index (χ2v) is 5.88. The van der Waals surface area contributed by atoms with E-state index in [0.717, 1.165) is 25.7 Å². The zero-order chi connectivity index (χ0) is 18.2. The van der Waals surface area contributed by atoms with Gasteiger partial charge < -0.3 is 20.1 Å². The quantitative estimate of drug-likeness (QED) is 0.477. The van der Waals surface area contributed by atoms with Crippen LogP contribution in [0.2, 0.25) is 0 Å². The highest BCUT2D eigenvalue weighted by atomic mass is 16.4. The number of carbonyl (C=O) groups is 2. The van der Waals surface area contributed by atoms with Crippen LogP contribution in [0.15, 0.2) is 36.8 Å². The Balaban J connectivity index is 2.04. The molecule has 0 aliphatic carbocycles. The fourth-order valence-corrected chi connectivity index (χ4v) is 2.55. The number of anilines is 1. The summed E-state index contributed by atoms with van der Waals surface area (Å²) in [7, 11) is 0. The van der Waals surface area contributed by atoms with Crippen molar-refractivity contribution in [2.45, 2.75) is 45.1 Å². The van der Waals surface area contributed by atoms with Gasteiger partial charge in [-0.2, -0.15) is 0 Å². The summed E-state index contributed by atoms with van der Waals surface area (Å²) < 4.78 is 1.45. The fraction of sp³-hybridized carbons (Fsp3) is 0.389. The Bertz CT molecular complexity index is 727. The van der Waals surface area contributed by atoms with Gasteiger partial charge in [0.15, 0.2) is 0 Å². The molecule has 1 aromatic carbocycles. The van der Waals surface area contributed by atoms with Gasteiger partial charge in [-0.3, -0.25) is 4.79 Å². The van der Waals surface area contributed by atoms with E-state index in [2.05, 4.69) is 17.2 Å². The second kappa shape index (κ2) is 8.86. The Morgan fingerprint density at radius 3 is 2.68 bits per heavy atom. The highest BCUT2D eigenvalue weighted by Gasteiger charge is 2.21. The molecule has 0 aliphatic heterocycles. The van der Waals surface area contributed by atoms with Crippen LogP contribution >= 0.6 is 0 Å². The molecular formula is C18H23N3O4. The molecule has 2 rings (SSSR count). The minimum absolute atomic E-state index is 0.0466. The van der Waals surface area contributed by atoms with Crippen LogP contribution in [0.4, 0.5) is 5.69 Å². The van der Waals surface area contributed by atoms with Crippen molar-refractivity contribution in [2.24, 2.45) is 0 Å². The Morgan fingerprint density at radius 2 is 2.00 bits per heavy atom. The van der Waals surface area contributed by atoms with Crippen molar-refractivity contribution < 1.29 is 19.8 Å². The lowest BCUT2D eigenvalue weighted by Gasteiger charge is -2.13. The van der Waals surface area contributed by atoms with Gasteiger partial charge in [-0.1, -0.05) is 44.7 Å². The minimum Gasteiger partial charge on any atom is -0.506 e. The number of aromatic nitrogens is 2. The molecule has 0 fully saturated rings. The molecule has 0 bridgehead atoms. The van der Waals surface area contributed by atoms with Crippen molar-refractivity contribution in [2.75, 3.05) is 5.32 Å². The Labute approximate surface area is 146 Å². The Kier molecular flexibility index (Phi) is 6.56. The van der Waals surface area contributed by atoms with Crippen molar-refractivity contribution in [3.05, 3.63) is 42.5 Å². The number of benzene rings is 1. The third-order valence-corrected chi connectivity index (χ3v) is 3.96. The monoisotopic (exact) mass is 345 g/mol. The van der Waals surface area contributed by atoms with E-state index in [-0.39, 0.29) is 17.1 Å². The zero-order valence-electron chi connectivity index (χ0n) is 14.2. The summed E-state index contributed by atoms with van der Waals surface area (Å²) in [6.45, 7) is 2.10. The number of para-hydroxylation sites is 2. The smallest absolute Gasteiger partial charge is 0.326 e. The third-order valence-electron chi connectivity index (χ3n) is 3.96. The topological polar surface area (TPSA) is 104 Å². The number of nitrogens with zero attached hydrogens (tertiary/aromatic N) is 2. The number of aliphatic carboxylic acids is 1. The molecule has 7 nitrogen and oxygen atoms in total. The van der Waals surface area contributed by atoms with Gasteiger partial charge in [0.1, 0.15) is 17.5 Å². The van der Waals surface area contributed by atoms with E-state index in [4.69, 9.17) is 0 Å². The highest BCUT2D eigenvalue weighted by molar-refractivity contribution is 6.03. The van der Waals surface area contributed by atoms with Crippen LogP contribution < -0.4 is 5.32 Å². The maximum atomic E-state index is 12.2. The van der Waals surface area contributed by atoms with Crippen molar-refractivity contribution in [1.82, 2.24) is 9.55 Å². The van der Waals surface area contributed by atoms with E-state index in [0.29, 0.717) is 6.42 Å². The number of rotatable bonds is 9. The number of aromatic hydroxyl groups is 1. The Morgan fingerprint density at radius 1 is 1.24 bits per heavy atom. The molecule has 0 spiro atoms. The number of nitrogens with one attached hydrogen (secondary N) is 1. The summed E-state index contributed by atoms with van der Waals surface area (Å²) in [5, 5.41) is 21.7. The van der Waals surface area contributed by atoms with E-state index in [1.165, 1.54) is 23.2 Å². The van der Waals surface area contributed by atoms with Crippen LogP contribution in [0, 0.1) is 0 Å². The van der Waals surface area contributed by atoms with E-state index in [1.807, 2.05) is 0 Å². The number of hydrogen-bond donors (Lipinski definition) is 3. The number of hydrogen-bond acceptors (Lipinski definition) is 4. The molecule has 134 valence electrons. The van der Waals surface area contributed by atoms with Crippen molar-refractivity contribution >= 4 is 17.6 Å². The average molecular weight is 345 g/mol. The molecule has 0 radical (unpaired) electrons. The Hall–Kier alpha value is -2.83. The van der Waals surface area contributed by atoms with Gasteiger partial charge in [0.05, 0.1) is 12.0 Å². The summed E-state index contributed by atoms with van der Waals surface area (Å²) >= 11 is 0. The second-order valence-electron chi connectivity index (χ2n) is 5.88. The number of unbranched alkanes of at least 4 members (excludes halogenated alkanes) is 3. The lowest BCUT2D eigenvalue weighted by atomic mass is 10.1. The van der Waals surface area contributed by atoms with E-state index in [1.54, 1.807) is 18.2 Å². The summed E-state index contributed by atoms with van der Waals surface area (Å²) in [4.78, 5) is 27.7. The highest BCUT2D eigenvalue weighted by Crippen LogP contribution is 2.22. The van der Waals surface area contributed by atoms with Gasteiger partial charge in [-0.05, 0) is 18.6 Å². The maximum absolute atomic E-state index is 12.2. The maximum Gasteiger partial charge on any atom is 0.326 e. The summed E-state index contributed by atoms with van der Waals surface area (Å²) in [6, 6.07) is 5.62. The molecule has 0 saturated heterocycles. The van der Waals surface area contributed by atoms with Gasteiger partial charge >= 0.3 is 5.97 Å². The van der Waals surface area contributed by atoms with Crippen LogP contribution in [0.5, 0.6) is 5.75 Å². The first kappa shape index (κ1) is 18.5. The van der Waals surface area contributed by atoms with Crippen LogP contribution in [-0.4, -0.2) is 31.6 Å². The van der Waals surface area contributed by atoms with E-state index < -0.39 is 17.9 Å². The number of amides is 1. The molecule has 1 atom stereocenters. The normalized spacial score (nSPS) is 11.9. The van der Waals surface area contributed by atoms with Crippen molar-refractivity contribution in [3.8, 4) is 5.75 Å². The number of phenolic OH excluding ortho intramolecular Hbond substituents is 1.